The summed E-state index contributed by atoms with van der Waals surface area (Å²) in [6, 6.07) is 16.0. The predicted molar refractivity (Wildman–Crippen MR) is 133 cm³/mol. The summed E-state index contributed by atoms with van der Waals surface area (Å²) in [7, 11) is 1.64. The largest absolute Gasteiger partial charge is 0.497 e. The second-order valence-corrected chi connectivity index (χ2v) is 9.24. The summed E-state index contributed by atoms with van der Waals surface area (Å²) >= 11 is 1.38. The number of aryl methyl sites for hydroxylation is 2. The first-order valence-electron chi connectivity index (χ1n) is 11.4. The third-order valence-corrected chi connectivity index (χ3v) is 6.75. The highest BCUT2D eigenvalue weighted by molar-refractivity contribution is 7.99. The lowest BCUT2D eigenvalue weighted by atomic mass is 10.0. The molecule has 8 nitrogen and oxygen atoms in total. The molecule has 34 heavy (non-hydrogen) atoms. The van der Waals surface area contributed by atoms with Crippen LogP contribution in [0.3, 0.4) is 0 Å². The van der Waals surface area contributed by atoms with Crippen LogP contribution in [0.4, 0.5) is 0 Å². The van der Waals surface area contributed by atoms with E-state index >= 15 is 0 Å². The monoisotopic (exact) mass is 481 g/mol. The Morgan fingerprint density at radius 3 is 2.47 bits per heavy atom. The van der Waals surface area contributed by atoms with Crippen molar-refractivity contribution < 1.29 is 14.3 Å². The Morgan fingerprint density at radius 1 is 1.09 bits per heavy atom. The van der Waals surface area contributed by atoms with E-state index < -0.39 is 0 Å². The number of morpholine rings is 1. The molecule has 180 valence electrons. The van der Waals surface area contributed by atoms with Crippen molar-refractivity contribution in [2.24, 2.45) is 0 Å². The van der Waals surface area contributed by atoms with Crippen LogP contribution in [0.15, 0.2) is 53.7 Å². The second-order valence-electron chi connectivity index (χ2n) is 8.30. The molecule has 1 aliphatic rings. The fourth-order valence-corrected chi connectivity index (χ4v) is 4.71. The van der Waals surface area contributed by atoms with Crippen molar-refractivity contribution in [3.63, 3.8) is 0 Å². The number of ether oxygens (including phenoxy) is 2. The standard InChI is InChI=1S/C25H31N5O3S/c1-18-4-6-20(7-5-18)23(16-29-12-14-33-15-13-29)26-24(31)17-34-25-28-27-19(2)30(25)21-8-10-22(32-3)11-9-21/h4-11,23H,12-17H2,1-3H3,(H,26,31). The van der Waals surface area contributed by atoms with E-state index in [0.717, 1.165) is 55.7 Å². The van der Waals surface area contributed by atoms with Crippen LogP contribution in [0.5, 0.6) is 5.75 Å². The summed E-state index contributed by atoms with van der Waals surface area (Å²) in [5.41, 5.74) is 3.23. The van der Waals surface area contributed by atoms with Crippen LogP contribution in [0.25, 0.3) is 5.69 Å². The maximum atomic E-state index is 13.0. The van der Waals surface area contributed by atoms with E-state index in [0.29, 0.717) is 5.16 Å². The van der Waals surface area contributed by atoms with Gasteiger partial charge in [0.15, 0.2) is 5.16 Å². The summed E-state index contributed by atoms with van der Waals surface area (Å²) < 4.78 is 12.7. The van der Waals surface area contributed by atoms with Gasteiger partial charge in [0, 0.05) is 25.3 Å². The van der Waals surface area contributed by atoms with Crippen molar-refractivity contribution in [3.8, 4) is 11.4 Å². The Kier molecular flexibility index (Phi) is 8.21. The van der Waals surface area contributed by atoms with E-state index in [2.05, 4.69) is 51.6 Å². The number of nitrogens with zero attached hydrogens (tertiary/aromatic N) is 4. The Labute approximate surface area is 204 Å². The number of hydrogen-bond donors (Lipinski definition) is 1. The van der Waals surface area contributed by atoms with Crippen LogP contribution < -0.4 is 10.1 Å². The van der Waals surface area contributed by atoms with Crippen molar-refractivity contribution in [2.75, 3.05) is 45.7 Å². The molecule has 2 heterocycles. The second kappa shape index (κ2) is 11.5. The van der Waals surface area contributed by atoms with Gasteiger partial charge in [0.05, 0.1) is 32.1 Å². The molecule has 1 unspecified atom stereocenters. The maximum absolute atomic E-state index is 13.0. The van der Waals surface area contributed by atoms with Crippen molar-refractivity contribution in [3.05, 3.63) is 65.5 Å². The molecule has 2 aromatic carbocycles. The zero-order valence-electron chi connectivity index (χ0n) is 19.9. The van der Waals surface area contributed by atoms with Gasteiger partial charge in [0.2, 0.25) is 5.91 Å². The number of nitrogens with one attached hydrogen (secondary N) is 1. The van der Waals surface area contributed by atoms with Gasteiger partial charge in [-0.25, -0.2) is 0 Å². The summed E-state index contributed by atoms with van der Waals surface area (Å²) in [4.78, 5) is 15.3. The lowest BCUT2D eigenvalue weighted by molar-refractivity contribution is -0.119. The molecule has 0 spiro atoms. The number of rotatable bonds is 9. The molecule has 1 aromatic heterocycles. The van der Waals surface area contributed by atoms with Crippen LogP contribution in [-0.2, 0) is 9.53 Å². The van der Waals surface area contributed by atoms with E-state index in [4.69, 9.17) is 9.47 Å². The van der Waals surface area contributed by atoms with Crippen LogP contribution in [0, 0.1) is 13.8 Å². The van der Waals surface area contributed by atoms with Gasteiger partial charge in [-0.15, -0.1) is 10.2 Å². The minimum absolute atomic E-state index is 0.0363. The normalized spacial score (nSPS) is 15.1. The van der Waals surface area contributed by atoms with Crippen molar-refractivity contribution in [1.82, 2.24) is 25.0 Å². The third kappa shape index (κ3) is 6.16. The number of thioether (sulfide) groups is 1. The van der Waals surface area contributed by atoms with Crippen molar-refractivity contribution in [2.45, 2.75) is 25.0 Å². The SMILES string of the molecule is COc1ccc(-n2c(C)nnc2SCC(=O)NC(CN2CCOCC2)c2ccc(C)cc2)cc1. The smallest absolute Gasteiger partial charge is 0.231 e. The maximum Gasteiger partial charge on any atom is 0.231 e. The molecule has 1 amide bonds. The average molecular weight is 482 g/mol. The zero-order valence-corrected chi connectivity index (χ0v) is 20.7. The number of carbonyl (C=O) groups excluding carboxylic acids is 1. The molecule has 1 aliphatic heterocycles. The molecule has 1 atom stereocenters. The van der Waals surface area contributed by atoms with Gasteiger partial charge in [0.1, 0.15) is 11.6 Å². The number of amides is 1. The summed E-state index contributed by atoms with van der Waals surface area (Å²) in [6.07, 6.45) is 0. The quantitative estimate of drug-likeness (QED) is 0.470. The Hall–Kier alpha value is -2.88. The fraction of sp³-hybridized carbons (Fsp3) is 0.400. The number of methoxy groups -OCH3 is 1. The van der Waals surface area contributed by atoms with Crippen LogP contribution in [0.2, 0.25) is 0 Å². The molecule has 0 bridgehead atoms. The minimum atomic E-state index is -0.0898. The molecule has 0 aliphatic carbocycles. The van der Waals surface area contributed by atoms with Crippen LogP contribution in [0.1, 0.15) is 23.0 Å². The lowest BCUT2D eigenvalue weighted by Crippen LogP contribution is -2.43. The van der Waals surface area contributed by atoms with Gasteiger partial charge in [-0.2, -0.15) is 0 Å². The fourth-order valence-electron chi connectivity index (χ4n) is 3.91. The zero-order chi connectivity index (χ0) is 23.9. The number of hydrogen-bond acceptors (Lipinski definition) is 7. The Bertz CT molecular complexity index is 1080. The van der Waals surface area contributed by atoms with E-state index in [1.54, 1.807) is 7.11 Å². The first-order valence-corrected chi connectivity index (χ1v) is 12.4. The number of aromatic nitrogens is 3. The Morgan fingerprint density at radius 2 is 1.79 bits per heavy atom. The molecular formula is C25H31N5O3S. The molecule has 3 aromatic rings. The Balaban J connectivity index is 1.43. The predicted octanol–water partition coefficient (Wildman–Crippen LogP) is 3.17. The van der Waals surface area contributed by atoms with Gasteiger partial charge < -0.3 is 14.8 Å². The summed E-state index contributed by atoms with van der Waals surface area (Å²) in [5.74, 6) is 1.76. The van der Waals surface area contributed by atoms with E-state index in [1.165, 1.54) is 17.3 Å². The first kappa shape index (κ1) is 24.3. The first-order chi connectivity index (χ1) is 16.5. The van der Waals surface area contributed by atoms with Crippen LogP contribution >= 0.6 is 11.8 Å². The van der Waals surface area contributed by atoms with E-state index in [9.17, 15) is 4.79 Å². The van der Waals surface area contributed by atoms with Crippen molar-refractivity contribution >= 4 is 17.7 Å². The van der Waals surface area contributed by atoms with Gasteiger partial charge in [-0.05, 0) is 43.7 Å². The summed E-state index contributed by atoms with van der Waals surface area (Å²) in [5, 5.41) is 12.4. The van der Waals surface area contributed by atoms with Gasteiger partial charge in [0.25, 0.3) is 0 Å². The number of benzene rings is 2. The average Bonchev–Trinajstić information content (AvgIpc) is 3.23. The van der Waals surface area contributed by atoms with Gasteiger partial charge in [-0.1, -0.05) is 41.6 Å². The molecule has 0 radical (unpaired) electrons. The molecular weight excluding hydrogens is 450 g/mol. The number of carbonyl (C=O) groups is 1. The molecule has 0 saturated carbocycles. The van der Waals surface area contributed by atoms with E-state index in [1.807, 2.05) is 35.8 Å². The van der Waals surface area contributed by atoms with Crippen LogP contribution in [-0.4, -0.2) is 71.3 Å². The molecule has 1 N–H and O–H groups in total. The molecule has 4 rings (SSSR count). The highest BCUT2D eigenvalue weighted by Gasteiger charge is 2.21. The lowest BCUT2D eigenvalue weighted by Gasteiger charge is -2.31. The molecule has 9 heteroatoms. The summed E-state index contributed by atoms with van der Waals surface area (Å²) in [6.45, 7) is 7.92. The van der Waals surface area contributed by atoms with Crippen molar-refractivity contribution in [1.29, 1.82) is 0 Å². The minimum Gasteiger partial charge on any atom is -0.497 e. The van der Waals surface area contributed by atoms with E-state index in [-0.39, 0.29) is 17.7 Å². The highest BCUT2D eigenvalue weighted by atomic mass is 32.2. The molecule has 1 saturated heterocycles. The highest BCUT2D eigenvalue weighted by Crippen LogP contribution is 2.24. The topological polar surface area (TPSA) is 81.5 Å². The van der Waals surface area contributed by atoms with Gasteiger partial charge >= 0.3 is 0 Å². The third-order valence-electron chi connectivity index (χ3n) is 5.82. The molecule has 1 fully saturated rings. The van der Waals surface area contributed by atoms with Gasteiger partial charge in [-0.3, -0.25) is 14.3 Å².